The Morgan fingerprint density at radius 1 is 0.810 bits per heavy atom. The van der Waals surface area contributed by atoms with E-state index in [1.165, 1.54) is 0 Å². The van der Waals surface area contributed by atoms with Gasteiger partial charge in [0.25, 0.3) is 0 Å². The van der Waals surface area contributed by atoms with Crippen molar-refractivity contribution in [3.05, 3.63) is 11.1 Å². The van der Waals surface area contributed by atoms with Gasteiger partial charge in [0.1, 0.15) is 0 Å². The molecule has 0 aromatic carbocycles. The van der Waals surface area contributed by atoms with Gasteiger partial charge in [-0.3, -0.25) is 0 Å². The van der Waals surface area contributed by atoms with Crippen LogP contribution >= 0.6 is 0 Å². The summed E-state index contributed by atoms with van der Waals surface area (Å²) in [6.07, 6.45) is 2.92. The van der Waals surface area contributed by atoms with Crippen molar-refractivity contribution in [3.63, 3.8) is 0 Å². The molecule has 21 heavy (non-hydrogen) atoms. The fourth-order valence-electron chi connectivity index (χ4n) is 3.17. The zero-order valence-corrected chi connectivity index (χ0v) is 18.1. The fourth-order valence-corrected chi connectivity index (χ4v) is 5.96. The maximum absolute atomic E-state index is 12.5. The van der Waals surface area contributed by atoms with E-state index in [9.17, 15) is 9.59 Å². The van der Waals surface area contributed by atoms with Crippen LogP contribution in [0.4, 0.5) is 0 Å². The molecule has 1 unspecified atom stereocenters. The Balaban J connectivity index is 2.29. The summed E-state index contributed by atoms with van der Waals surface area (Å²) in [6.45, 7) is 0. The molecule has 2 atom stereocenters. The van der Waals surface area contributed by atoms with Gasteiger partial charge in [0.05, 0.1) is 0 Å². The van der Waals surface area contributed by atoms with Gasteiger partial charge >= 0.3 is 133 Å². The van der Waals surface area contributed by atoms with E-state index in [2.05, 4.69) is 0 Å². The predicted molar refractivity (Wildman–Crippen MR) is 86.7 cm³/mol. The van der Waals surface area contributed by atoms with E-state index in [1.54, 1.807) is 0 Å². The van der Waals surface area contributed by atoms with Crippen LogP contribution in [0.2, 0.25) is 34.5 Å². The van der Waals surface area contributed by atoms with Crippen molar-refractivity contribution in [2.24, 2.45) is 11.8 Å². The van der Waals surface area contributed by atoms with E-state index in [4.69, 9.17) is 7.53 Å². The predicted octanol–water partition coefficient (Wildman–Crippen LogP) is 3.47. The molecule has 0 spiro atoms. The second kappa shape index (κ2) is 5.76. The van der Waals surface area contributed by atoms with Crippen molar-refractivity contribution in [1.29, 1.82) is 0 Å². The summed E-state index contributed by atoms with van der Waals surface area (Å²) in [4.78, 5) is 25.0. The van der Waals surface area contributed by atoms with Gasteiger partial charge in [0.2, 0.25) is 0 Å². The van der Waals surface area contributed by atoms with Crippen molar-refractivity contribution >= 4 is 39.1 Å². The number of carbonyl (C=O) groups excluding carboxylic acids is 2. The first-order valence-corrected chi connectivity index (χ1v) is 22.0. The van der Waals surface area contributed by atoms with Crippen molar-refractivity contribution in [2.45, 2.75) is 53.8 Å². The molecule has 0 amide bonds. The van der Waals surface area contributed by atoms with Gasteiger partial charge in [-0.05, 0) is 0 Å². The minimum atomic E-state index is -2.44. The third-order valence-corrected chi connectivity index (χ3v) is 7.12. The average Bonchev–Trinajstić information content (AvgIpc) is 2.82. The maximum atomic E-state index is 12.5. The monoisotopic (exact) mass is 418 g/mol. The van der Waals surface area contributed by atoms with Crippen molar-refractivity contribution < 1.29 is 17.1 Å². The Morgan fingerprint density at radius 2 is 1.14 bits per heavy atom. The third-order valence-electron chi connectivity index (χ3n) is 3.78. The van der Waals surface area contributed by atoms with Crippen molar-refractivity contribution in [2.75, 3.05) is 0 Å². The van der Waals surface area contributed by atoms with Crippen LogP contribution in [0, 0.1) is 11.8 Å². The molecule has 0 aromatic heterocycles. The molecule has 0 radical (unpaired) electrons. The van der Waals surface area contributed by atoms with Crippen LogP contribution in [-0.2, 0) is 17.1 Å². The van der Waals surface area contributed by atoms with Gasteiger partial charge in [-0.2, -0.15) is 0 Å². The molecular formula is C15H26Ge2O4. The Kier molecular flexibility index (Phi) is 4.70. The summed E-state index contributed by atoms with van der Waals surface area (Å²) < 4.78 is 11.4. The van der Waals surface area contributed by atoms with Crippen LogP contribution in [0.5, 0.6) is 0 Å². The van der Waals surface area contributed by atoms with Gasteiger partial charge in [-0.15, -0.1) is 0 Å². The molecule has 0 aliphatic heterocycles. The van der Waals surface area contributed by atoms with Crippen LogP contribution in [0.25, 0.3) is 0 Å². The summed E-state index contributed by atoms with van der Waals surface area (Å²) in [6, 6.07) is 0. The van der Waals surface area contributed by atoms with E-state index in [0.29, 0.717) is 11.1 Å². The van der Waals surface area contributed by atoms with Crippen LogP contribution < -0.4 is 0 Å². The van der Waals surface area contributed by atoms with E-state index in [-0.39, 0.29) is 23.8 Å². The molecule has 118 valence electrons. The van der Waals surface area contributed by atoms with E-state index in [0.717, 1.165) is 19.3 Å². The van der Waals surface area contributed by atoms with Gasteiger partial charge in [-0.25, -0.2) is 0 Å². The molecule has 2 aliphatic rings. The average molecular weight is 416 g/mol. The van der Waals surface area contributed by atoms with Gasteiger partial charge in [0.15, 0.2) is 0 Å². The number of fused-ring (bicyclic) bond motifs is 2. The molecule has 0 N–H and O–H groups in total. The molecule has 2 aliphatic carbocycles. The number of carbonyl (C=O) groups is 2. The minimum absolute atomic E-state index is 0.210. The zero-order chi connectivity index (χ0) is 16.0. The second-order valence-corrected chi connectivity index (χ2v) is 26.6. The van der Waals surface area contributed by atoms with E-state index >= 15 is 0 Å². The van der Waals surface area contributed by atoms with Crippen LogP contribution in [0.1, 0.15) is 19.3 Å². The van der Waals surface area contributed by atoms with Crippen LogP contribution in [0.15, 0.2) is 11.1 Å². The van der Waals surface area contributed by atoms with Crippen molar-refractivity contribution in [1.82, 2.24) is 0 Å². The standard InChI is InChI=1S/C15H26Ge2O4/c1-16(2,3)20-14(18)12-10-7-8-11(9-10)13(12)15(19)21-17(4,5)6/h10-11H,7-9H2,1-6H3/t10-,11?/m0/s1. The van der Waals surface area contributed by atoms with Gasteiger partial charge in [0, 0.05) is 0 Å². The third kappa shape index (κ3) is 4.15. The van der Waals surface area contributed by atoms with Crippen molar-refractivity contribution in [3.8, 4) is 0 Å². The fraction of sp³-hybridized carbons (Fsp3) is 0.733. The Morgan fingerprint density at radius 3 is 1.43 bits per heavy atom. The quantitative estimate of drug-likeness (QED) is 0.660. The number of rotatable bonds is 4. The molecule has 1 fully saturated rings. The Labute approximate surface area is 133 Å². The molecule has 4 nitrogen and oxygen atoms in total. The molecule has 0 saturated heterocycles. The van der Waals surface area contributed by atoms with E-state index in [1.807, 2.05) is 34.5 Å². The summed E-state index contributed by atoms with van der Waals surface area (Å²) in [5.74, 6) is 12.1. The van der Waals surface area contributed by atoms with Gasteiger partial charge < -0.3 is 0 Å². The summed E-state index contributed by atoms with van der Waals surface area (Å²) in [5, 5.41) is 0. The van der Waals surface area contributed by atoms with Crippen LogP contribution in [-0.4, -0.2) is 39.1 Å². The normalized spacial score (nSPS) is 25.2. The molecule has 1 saturated carbocycles. The molecule has 2 rings (SSSR count). The number of hydrogen-bond acceptors (Lipinski definition) is 4. The second-order valence-electron chi connectivity index (χ2n) is 8.04. The molecule has 2 bridgehead atoms. The van der Waals surface area contributed by atoms with Gasteiger partial charge in [-0.1, -0.05) is 0 Å². The zero-order valence-electron chi connectivity index (χ0n) is 13.9. The van der Waals surface area contributed by atoms with Crippen LogP contribution in [0.3, 0.4) is 0 Å². The molecule has 0 aromatic rings. The Hall–Kier alpha value is -0.234. The summed E-state index contributed by atoms with van der Waals surface area (Å²) in [7, 11) is 0. The molecule has 6 heteroatoms. The molecule has 0 heterocycles. The number of hydrogen-bond donors (Lipinski definition) is 0. The SMILES string of the molecule is [CH3][Ge]([CH3])([CH3])[O]C(=O)C1=C(C(=O)[O][Ge]([CH3])([CH3])[CH3])[C@H]2CCC1C2. The first kappa shape index (κ1) is 17.1. The first-order valence-electron chi connectivity index (χ1n) is 7.69. The first-order chi connectivity index (χ1) is 9.48. The van der Waals surface area contributed by atoms with E-state index < -0.39 is 27.2 Å². The summed E-state index contributed by atoms with van der Waals surface area (Å²) >= 11 is -4.89. The topological polar surface area (TPSA) is 52.6 Å². The Bertz CT molecular complexity index is 453. The molecular weight excluding hydrogens is 389 g/mol. The summed E-state index contributed by atoms with van der Waals surface area (Å²) in [5.41, 5.74) is 1.28.